The number of anilines is 2. The van der Waals surface area contributed by atoms with E-state index in [1.807, 2.05) is 0 Å². The molecule has 0 saturated carbocycles. The minimum atomic E-state index is -1.14. The quantitative estimate of drug-likeness (QED) is 0.200. The Balaban J connectivity index is 3.29. The minimum absolute atomic E-state index is 0.270. The van der Waals surface area contributed by atoms with Crippen LogP contribution in [0.4, 0.5) is 21.1 Å². The van der Waals surface area contributed by atoms with Crippen molar-refractivity contribution in [2.45, 2.75) is 0 Å². The molecule has 1 aromatic heterocycles. The highest BCUT2D eigenvalue weighted by molar-refractivity contribution is 5.94. The van der Waals surface area contributed by atoms with Gasteiger partial charge in [-0.15, -0.1) is 0 Å². The number of aromatic hydroxyl groups is 2. The smallest absolute Gasteiger partial charge is 0.335 e. The SMILES string of the molecule is NC(=O)N(N)c1cc(O)c(N(N)C(N)=O)c(O)n1. The van der Waals surface area contributed by atoms with Gasteiger partial charge in [0.2, 0.25) is 5.88 Å². The standard InChI is InChI=1S/C7H11N7O4/c8-6(17)13(10)3-1-2(15)4(5(16)12-3)14(11)7(9)18/h1H,10-11H2,(H2,8,17)(H2,9,18)(H2,12,15,16). The van der Waals surface area contributed by atoms with Crippen molar-refractivity contribution in [1.82, 2.24) is 4.98 Å². The summed E-state index contributed by atoms with van der Waals surface area (Å²) in [6.45, 7) is 0. The molecule has 0 aliphatic heterocycles. The summed E-state index contributed by atoms with van der Waals surface area (Å²) in [6.07, 6.45) is 0. The molecule has 18 heavy (non-hydrogen) atoms. The zero-order valence-corrected chi connectivity index (χ0v) is 8.94. The van der Waals surface area contributed by atoms with E-state index >= 15 is 0 Å². The van der Waals surface area contributed by atoms with Gasteiger partial charge in [0.15, 0.2) is 11.5 Å². The molecule has 11 nitrogen and oxygen atoms in total. The maximum absolute atomic E-state index is 10.8. The molecule has 0 aliphatic rings. The number of nitrogens with zero attached hydrogens (tertiary/aromatic N) is 3. The summed E-state index contributed by atoms with van der Waals surface area (Å²) >= 11 is 0. The zero-order chi connectivity index (χ0) is 14.0. The van der Waals surface area contributed by atoms with Crippen molar-refractivity contribution < 1.29 is 19.8 Å². The number of nitrogens with two attached hydrogens (primary N) is 4. The molecular formula is C7H11N7O4. The Kier molecular flexibility index (Phi) is 3.39. The molecule has 0 bridgehead atoms. The molecule has 0 aromatic carbocycles. The fourth-order valence-electron chi connectivity index (χ4n) is 1.08. The second-order valence-electron chi connectivity index (χ2n) is 3.09. The Morgan fingerprint density at radius 2 is 1.61 bits per heavy atom. The fraction of sp³-hybridized carbons (Fsp3) is 0. The van der Waals surface area contributed by atoms with Crippen molar-refractivity contribution in [2.24, 2.45) is 23.2 Å². The molecule has 10 N–H and O–H groups in total. The van der Waals surface area contributed by atoms with Crippen LogP contribution in [0, 0.1) is 0 Å². The Morgan fingerprint density at radius 1 is 1.11 bits per heavy atom. The number of aromatic nitrogens is 1. The van der Waals surface area contributed by atoms with Gasteiger partial charge < -0.3 is 21.7 Å². The van der Waals surface area contributed by atoms with E-state index in [0.29, 0.717) is 5.01 Å². The maximum Gasteiger partial charge on any atom is 0.335 e. The molecule has 0 spiro atoms. The Morgan fingerprint density at radius 3 is 2.00 bits per heavy atom. The highest BCUT2D eigenvalue weighted by Crippen LogP contribution is 2.35. The summed E-state index contributed by atoms with van der Waals surface area (Å²) in [6, 6.07) is -1.36. The van der Waals surface area contributed by atoms with Gasteiger partial charge in [-0.25, -0.2) is 31.3 Å². The van der Waals surface area contributed by atoms with Gasteiger partial charge in [0.1, 0.15) is 5.75 Å². The number of primary amides is 2. The summed E-state index contributed by atoms with van der Waals surface area (Å²) in [5.74, 6) is 8.51. The third kappa shape index (κ3) is 2.31. The fourth-order valence-corrected chi connectivity index (χ4v) is 1.08. The lowest BCUT2D eigenvalue weighted by Gasteiger charge is -2.18. The van der Waals surface area contributed by atoms with Crippen LogP contribution in [-0.4, -0.2) is 27.3 Å². The zero-order valence-electron chi connectivity index (χ0n) is 8.94. The van der Waals surface area contributed by atoms with Gasteiger partial charge in [0.25, 0.3) is 0 Å². The first-order valence-electron chi connectivity index (χ1n) is 4.37. The summed E-state index contributed by atoms with van der Waals surface area (Å²) < 4.78 is 0. The average molecular weight is 257 g/mol. The molecule has 4 amide bonds. The molecular weight excluding hydrogens is 246 g/mol. The molecule has 0 aliphatic carbocycles. The predicted octanol–water partition coefficient (Wildman–Crippen LogP) is -1.99. The number of carbonyl (C=O) groups excluding carboxylic acids is 2. The van der Waals surface area contributed by atoms with E-state index < -0.39 is 29.4 Å². The van der Waals surface area contributed by atoms with Gasteiger partial charge in [-0.3, -0.25) is 0 Å². The van der Waals surface area contributed by atoms with Crippen molar-refractivity contribution in [3.63, 3.8) is 0 Å². The Labute approximate surface area is 100 Å². The van der Waals surface area contributed by atoms with Crippen LogP contribution in [-0.2, 0) is 0 Å². The van der Waals surface area contributed by atoms with E-state index in [1.165, 1.54) is 0 Å². The summed E-state index contributed by atoms with van der Waals surface area (Å²) in [5.41, 5.74) is 9.18. The van der Waals surface area contributed by atoms with Crippen molar-refractivity contribution in [3.8, 4) is 11.6 Å². The molecule has 1 aromatic rings. The summed E-state index contributed by atoms with van der Waals surface area (Å²) in [4.78, 5) is 25.0. The van der Waals surface area contributed by atoms with Crippen LogP contribution >= 0.6 is 0 Å². The second-order valence-corrected chi connectivity index (χ2v) is 3.09. The number of hydrogen-bond acceptors (Lipinski definition) is 7. The van der Waals surface area contributed by atoms with Crippen LogP contribution in [0.2, 0.25) is 0 Å². The highest BCUT2D eigenvalue weighted by atomic mass is 16.3. The molecule has 0 unspecified atom stereocenters. The summed E-state index contributed by atoms with van der Waals surface area (Å²) in [7, 11) is 0. The van der Waals surface area contributed by atoms with Crippen LogP contribution in [0.5, 0.6) is 11.6 Å². The molecule has 1 heterocycles. The lowest BCUT2D eigenvalue weighted by atomic mass is 10.3. The minimum Gasteiger partial charge on any atom is -0.505 e. The first-order valence-corrected chi connectivity index (χ1v) is 4.37. The Hall–Kier alpha value is -2.79. The van der Waals surface area contributed by atoms with Gasteiger partial charge in [-0.05, 0) is 0 Å². The average Bonchev–Trinajstić information content (AvgIpc) is 2.26. The highest BCUT2D eigenvalue weighted by Gasteiger charge is 2.22. The van der Waals surface area contributed by atoms with Crippen molar-refractivity contribution in [1.29, 1.82) is 0 Å². The predicted molar refractivity (Wildman–Crippen MR) is 60.1 cm³/mol. The van der Waals surface area contributed by atoms with Crippen molar-refractivity contribution in [3.05, 3.63) is 6.07 Å². The third-order valence-electron chi connectivity index (χ3n) is 1.90. The third-order valence-corrected chi connectivity index (χ3v) is 1.90. The topological polar surface area (TPSA) is 198 Å². The number of rotatable bonds is 2. The van der Waals surface area contributed by atoms with E-state index in [9.17, 15) is 19.8 Å². The van der Waals surface area contributed by atoms with Crippen LogP contribution in [0.15, 0.2) is 6.07 Å². The molecule has 0 radical (unpaired) electrons. The van der Waals surface area contributed by atoms with Gasteiger partial charge in [0.05, 0.1) is 0 Å². The van der Waals surface area contributed by atoms with Crippen molar-refractivity contribution >= 4 is 23.6 Å². The molecule has 0 saturated heterocycles. The van der Waals surface area contributed by atoms with Gasteiger partial charge >= 0.3 is 12.1 Å². The van der Waals surface area contributed by atoms with Crippen LogP contribution < -0.4 is 33.2 Å². The number of carbonyl (C=O) groups is 2. The van der Waals surface area contributed by atoms with Gasteiger partial charge in [-0.1, -0.05) is 0 Å². The van der Waals surface area contributed by atoms with Crippen LogP contribution in [0.3, 0.4) is 0 Å². The number of hydrazine groups is 2. The van der Waals surface area contributed by atoms with E-state index in [4.69, 9.17) is 23.2 Å². The second kappa shape index (κ2) is 4.60. The first kappa shape index (κ1) is 13.3. The number of urea groups is 2. The van der Waals surface area contributed by atoms with E-state index in [2.05, 4.69) is 4.98 Å². The van der Waals surface area contributed by atoms with E-state index in [1.54, 1.807) is 0 Å². The van der Waals surface area contributed by atoms with Gasteiger partial charge in [0, 0.05) is 6.07 Å². The largest absolute Gasteiger partial charge is 0.505 e. The van der Waals surface area contributed by atoms with E-state index in [-0.39, 0.29) is 10.8 Å². The summed E-state index contributed by atoms with van der Waals surface area (Å²) in [5, 5.41) is 19.7. The van der Waals surface area contributed by atoms with Gasteiger partial charge in [-0.2, -0.15) is 4.98 Å². The maximum atomic E-state index is 10.8. The number of amides is 4. The molecule has 11 heteroatoms. The molecule has 0 atom stereocenters. The van der Waals surface area contributed by atoms with Crippen LogP contribution in [0.25, 0.3) is 0 Å². The lowest BCUT2D eigenvalue weighted by molar-refractivity contribution is 0.252. The molecule has 1 rings (SSSR count). The number of pyridine rings is 1. The lowest BCUT2D eigenvalue weighted by Crippen LogP contribution is -2.43. The monoisotopic (exact) mass is 257 g/mol. The van der Waals surface area contributed by atoms with Crippen molar-refractivity contribution in [2.75, 3.05) is 10.0 Å². The normalized spacial score (nSPS) is 9.89. The molecule has 98 valence electrons. The van der Waals surface area contributed by atoms with Crippen LogP contribution in [0.1, 0.15) is 0 Å². The number of hydrogen-bond donors (Lipinski definition) is 6. The Bertz CT molecular complexity index is 482. The molecule has 0 fully saturated rings. The first-order chi connectivity index (χ1) is 8.25. The van der Waals surface area contributed by atoms with E-state index in [0.717, 1.165) is 6.07 Å².